The summed E-state index contributed by atoms with van der Waals surface area (Å²) in [6.07, 6.45) is 1.83. The molecule has 1 aliphatic heterocycles. The van der Waals surface area contributed by atoms with Gasteiger partial charge >= 0.3 is 0 Å². The lowest BCUT2D eigenvalue weighted by molar-refractivity contribution is 0.148. The lowest BCUT2D eigenvalue weighted by atomic mass is 10.1. The van der Waals surface area contributed by atoms with Crippen LogP contribution in [0.25, 0.3) is 0 Å². The van der Waals surface area contributed by atoms with Crippen LogP contribution in [0.1, 0.15) is 17.5 Å². The van der Waals surface area contributed by atoms with Crippen molar-refractivity contribution in [1.29, 1.82) is 0 Å². The molecule has 1 aromatic rings. The maximum Gasteiger partial charge on any atom is 0.0616 e. The Morgan fingerprint density at radius 1 is 1.50 bits per heavy atom. The zero-order valence-electron chi connectivity index (χ0n) is 10.9. The molecule has 0 radical (unpaired) electrons. The van der Waals surface area contributed by atoms with Gasteiger partial charge in [-0.25, -0.2) is 0 Å². The molecule has 1 aromatic carbocycles. The van der Waals surface area contributed by atoms with E-state index in [0.717, 1.165) is 25.9 Å². The molecule has 0 aromatic heterocycles. The van der Waals surface area contributed by atoms with E-state index in [0.29, 0.717) is 6.61 Å². The number of hydrogen-bond acceptors (Lipinski definition) is 4. The number of fused-ring (bicyclic) bond motifs is 1. The molecule has 4 nitrogen and oxygen atoms in total. The Hall–Kier alpha value is -1.10. The van der Waals surface area contributed by atoms with Crippen LogP contribution in [0.5, 0.6) is 0 Å². The third kappa shape index (κ3) is 3.22. The van der Waals surface area contributed by atoms with E-state index in [4.69, 9.17) is 9.84 Å². The van der Waals surface area contributed by atoms with E-state index in [-0.39, 0.29) is 12.6 Å². The highest BCUT2D eigenvalue weighted by Crippen LogP contribution is 2.26. The first kappa shape index (κ1) is 13.3. The van der Waals surface area contributed by atoms with Crippen LogP contribution in [-0.4, -0.2) is 38.0 Å². The summed E-state index contributed by atoms with van der Waals surface area (Å²) in [5, 5.41) is 15.9. The summed E-state index contributed by atoms with van der Waals surface area (Å²) in [4.78, 5) is 0. The third-order valence-corrected chi connectivity index (χ3v) is 3.36. The highest BCUT2D eigenvalue weighted by atomic mass is 16.5. The summed E-state index contributed by atoms with van der Waals surface area (Å²) in [5.74, 6) is 0. The summed E-state index contributed by atoms with van der Waals surface area (Å²) in [5.41, 5.74) is 3.98. The fraction of sp³-hybridized carbons (Fsp3) is 0.571. The second kappa shape index (κ2) is 6.73. The van der Waals surface area contributed by atoms with E-state index in [1.165, 1.54) is 16.8 Å². The van der Waals surface area contributed by atoms with Crippen molar-refractivity contribution in [3.63, 3.8) is 0 Å². The van der Waals surface area contributed by atoms with Gasteiger partial charge in [0.25, 0.3) is 0 Å². The first-order valence-electron chi connectivity index (χ1n) is 6.53. The molecule has 3 N–H and O–H groups in total. The minimum atomic E-state index is 0.187. The lowest BCUT2D eigenvalue weighted by Gasteiger charge is -2.18. The molecule has 1 heterocycles. The number of aliphatic hydroxyl groups excluding tert-OH is 1. The monoisotopic (exact) mass is 250 g/mol. The van der Waals surface area contributed by atoms with Crippen LogP contribution in [0.2, 0.25) is 0 Å². The first-order valence-corrected chi connectivity index (χ1v) is 6.53. The molecular formula is C14H22N2O2. The maximum absolute atomic E-state index is 9.01. The number of benzene rings is 1. The normalized spacial score (nSPS) is 15.2. The van der Waals surface area contributed by atoms with Crippen molar-refractivity contribution >= 4 is 5.69 Å². The second-order valence-corrected chi connectivity index (χ2v) is 4.67. The van der Waals surface area contributed by atoms with Crippen LogP contribution < -0.4 is 10.6 Å². The quantitative estimate of drug-likeness (QED) is 0.679. The summed E-state index contributed by atoms with van der Waals surface area (Å²) >= 11 is 0. The summed E-state index contributed by atoms with van der Waals surface area (Å²) < 4.78 is 5.15. The summed E-state index contributed by atoms with van der Waals surface area (Å²) in [6, 6.07) is 6.64. The second-order valence-electron chi connectivity index (χ2n) is 4.67. The molecule has 1 atom stereocenters. The van der Waals surface area contributed by atoms with Gasteiger partial charge in [-0.15, -0.1) is 0 Å². The van der Waals surface area contributed by atoms with Crippen molar-refractivity contribution in [3.05, 3.63) is 29.3 Å². The van der Waals surface area contributed by atoms with Crippen LogP contribution in [-0.2, 0) is 17.7 Å². The van der Waals surface area contributed by atoms with Crippen LogP contribution in [0.4, 0.5) is 5.69 Å². The van der Waals surface area contributed by atoms with Gasteiger partial charge in [-0.2, -0.15) is 0 Å². The number of anilines is 1. The van der Waals surface area contributed by atoms with Gasteiger partial charge < -0.3 is 20.5 Å². The van der Waals surface area contributed by atoms with Gasteiger partial charge in [-0.1, -0.05) is 18.2 Å². The lowest BCUT2D eigenvalue weighted by Crippen LogP contribution is -2.33. The van der Waals surface area contributed by atoms with Crippen molar-refractivity contribution in [2.24, 2.45) is 0 Å². The largest absolute Gasteiger partial charge is 0.396 e. The maximum atomic E-state index is 9.01. The Bertz CT molecular complexity index is 376. The Balaban J connectivity index is 1.95. The fourth-order valence-electron chi connectivity index (χ4n) is 2.41. The standard InChI is InChI=1S/C14H22N2O2/c1-18-10-13(6-8-17)16-9-12-4-2-3-11-5-7-15-14(11)12/h2-4,13,15-17H,5-10H2,1H3. The predicted molar refractivity (Wildman–Crippen MR) is 72.8 cm³/mol. The molecule has 0 fully saturated rings. The Kier molecular flexibility index (Phi) is 4.99. The van der Waals surface area contributed by atoms with Gasteiger partial charge in [0, 0.05) is 38.5 Å². The van der Waals surface area contributed by atoms with Crippen molar-refractivity contribution in [2.75, 3.05) is 32.2 Å². The zero-order valence-corrected chi connectivity index (χ0v) is 10.9. The number of rotatable bonds is 7. The average molecular weight is 250 g/mol. The molecule has 0 spiro atoms. The van der Waals surface area contributed by atoms with Gasteiger partial charge in [0.2, 0.25) is 0 Å². The molecule has 4 heteroatoms. The minimum Gasteiger partial charge on any atom is -0.396 e. The van der Waals surface area contributed by atoms with E-state index < -0.39 is 0 Å². The van der Waals surface area contributed by atoms with E-state index >= 15 is 0 Å². The number of methoxy groups -OCH3 is 1. The topological polar surface area (TPSA) is 53.5 Å². The Morgan fingerprint density at radius 3 is 3.17 bits per heavy atom. The molecule has 0 bridgehead atoms. The third-order valence-electron chi connectivity index (χ3n) is 3.36. The van der Waals surface area contributed by atoms with Crippen molar-refractivity contribution in [2.45, 2.75) is 25.4 Å². The van der Waals surface area contributed by atoms with Crippen molar-refractivity contribution in [1.82, 2.24) is 5.32 Å². The van der Waals surface area contributed by atoms with E-state index in [1.807, 2.05) is 0 Å². The van der Waals surface area contributed by atoms with E-state index in [1.54, 1.807) is 7.11 Å². The first-order chi connectivity index (χ1) is 8.85. The number of aliphatic hydroxyl groups is 1. The van der Waals surface area contributed by atoms with Gasteiger partial charge in [-0.3, -0.25) is 0 Å². The predicted octanol–water partition coefficient (Wildman–Crippen LogP) is 1.14. The summed E-state index contributed by atoms with van der Waals surface area (Å²) in [6.45, 7) is 2.66. The highest BCUT2D eigenvalue weighted by Gasteiger charge is 2.14. The zero-order chi connectivity index (χ0) is 12.8. The SMILES string of the molecule is COCC(CCO)NCc1cccc2c1NCC2. The fourth-order valence-corrected chi connectivity index (χ4v) is 2.41. The van der Waals surface area contributed by atoms with Crippen LogP contribution in [0.3, 0.4) is 0 Å². The van der Waals surface area contributed by atoms with Crippen LogP contribution in [0, 0.1) is 0 Å². The number of hydrogen-bond donors (Lipinski definition) is 3. The van der Waals surface area contributed by atoms with Gasteiger partial charge in [0.1, 0.15) is 0 Å². The van der Waals surface area contributed by atoms with Crippen molar-refractivity contribution in [3.8, 4) is 0 Å². The Labute approximate surface area is 108 Å². The average Bonchev–Trinajstić information content (AvgIpc) is 2.85. The molecule has 0 saturated heterocycles. The van der Waals surface area contributed by atoms with Crippen LogP contribution in [0.15, 0.2) is 18.2 Å². The van der Waals surface area contributed by atoms with Crippen LogP contribution >= 0.6 is 0 Å². The molecule has 1 unspecified atom stereocenters. The molecule has 1 aliphatic rings. The molecule has 0 aliphatic carbocycles. The molecule has 2 rings (SSSR count). The van der Waals surface area contributed by atoms with Gasteiger partial charge in [-0.05, 0) is 24.0 Å². The number of para-hydroxylation sites is 1. The van der Waals surface area contributed by atoms with E-state index in [9.17, 15) is 0 Å². The molecule has 0 amide bonds. The highest BCUT2D eigenvalue weighted by molar-refractivity contribution is 5.61. The van der Waals surface area contributed by atoms with Crippen molar-refractivity contribution < 1.29 is 9.84 Å². The number of ether oxygens (including phenoxy) is 1. The van der Waals surface area contributed by atoms with E-state index in [2.05, 4.69) is 28.8 Å². The molecular weight excluding hydrogens is 228 g/mol. The minimum absolute atomic E-state index is 0.187. The van der Waals surface area contributed by atoms with Gasteiger partial charge in [0.05, 0.1) is 6.61 Å². The molecule has 100 valence electrons. The number of nitrogens with one attached hydrogen (secondary N) is 2. The smallest absolute Gasteiger partial charge is 0.0616 e. The Morgan fingerprint density at radius 2 is 2.39 bits per heavy atom. The van der Waals surface area contributed by atoms with Gasteiger partial charge in [0.15, 0.2) is 0 Å². The molecule has 0 saturated carbocycles. The molecule has 18 heavy (non-hydrogen) atoms. The summed E-state index contributed by atoms with van der Waals surface area (Å²) in [7, 11) is 1.69.